The summed E-state index contributed by atoms with van der Waals surface area (Å²) >= 11 is 0. The highest BCUT2D eigenvalue weighted by Gasteiger charge is 2.47. The predicted molar refractivity (Wildman–Crippen MR) is 80.3 cm³/mol. The normalized spacial score (nSPS) is 35.0. The van der Waals surface area contributed by atoms with Crippen molar-refractivity contribution in [2.75, 3.05) is 0 Å². The van der Waals surface area contributed by atoms with E-state index in [-0.39, 0.29) is 0 Å². The van der Waals surface area contributed by atoms with Crippen LogP contribution in [0.1, 0.15) is 63.1 Å². The Morgan fingerprint density at radius 1 is 1.15 bits per heavy atom. The van der Waals surface area contributed by atoms with Crippen molar-refractivity contribution in [1.29, 1.82) is 0 Å². The molecule has 0 aliphatic heterocycles. The van der Waals surface area contributed by atoms with Crippen LogP contribution in [-0.4, -0.2) is 15.8 Å². The first kappa shape index (κ1) is 12.9. The fourth-order valence-corrected chi connectivity index (χ4v) is 4.55. The molecule has 3 heteroatoms. The van der Waals surface area contributed by atoms with E-state index in [1.807, 2.05) is 0 Å². The van der Waals surface area contributed by atoms with Crippen molar-refractivity contribution < 1.29 is 0 Å². The minimum Gasteiger partial charge on any atom is -0.327 e. The maximum absolute atomic E-state index is 6.43. The number of nitrogens with zero attached hydrogens (tertiary/aromatic N) is 2. The number of rotatable bonds is 4. The summed E-state index contributed by atoms with van der Waals surface area (Å²) in [6.07, 6.45) is 14.2. The van der Waals surface area contributed by atoms with Gasteiger partial charge in [0.05, 0.1) is 11.7 Å². The van der Waals surface area contributed by atoms with Crippen LogP contribution >= 0.6 is 0 Å². The van der Waals surface area contributed by atoms with Crippen LogP contribution < -0.4 is 5.73 Å². The van der Waals surface area contributed by atoms with E-state index in [2.05, 4.69) is 16.9 Å². The van der Waals surface area contributed by atoms with E-state index in [4.69, 9.17) is 10.8 Å². The highest BCUT2D eigenvalue weighted by molar-refractivity contribution is 5.06. The van der Waals surface area contributed by atoms with Gasteiger partial charge in [0.1, 0.15) is 0 Å². The molecule has 0 aromatic carbocycles. The van der Waals surface area contributed by atoms with Crippen molar-refractivity contribution in [2.24, 2.45) is 23.5 Å². The predicted octanol–water partition coefficient (Wildman–Crippen LogP) is 3.30. The second-order valence-corrected chi connectivity index (χ2v) is 7.43. The molecule has 1 aromatic rings. The summed E-state index contributed by atoms with van der Waals surface area (Å²) < 4.78 is 2.22. The molecular weight excluding hydrogens is 246 g/mol. The van der Waals surface area contributed by atoms with Crippen molar-refractivity contribution in [1.82, 2.24) is 9.78 Å². The van der Waals surface area contributed by atoms with E-state index in [1.165, 1.54) is 57.1 Å². The standard InChI is InChI=1S/C17H27N3/c18-17(14-9-12-8-13(12)10-14)11-15-6-7-20(19-15)16-4-2-1-3-5-16/h6-7,12-14,16-17H,1-5,8-11,18H2. The van der Waals surface area contributed by atoms with E-state index in [0.29, 0.717) is 12.1 Å². The zero-order valence-corrected chi connectivity index (χ0v) is 12.4. The molecule has 3 atom stereocenters. The van der Waals surface area contributed by atoms with Crippen LogP contribution in [0.2, 0.25) is 0 Å². The maximum Gasteiger partial charge on any atom is 0.0640 e. The largest absolute Gasteiger partial charge is 0.327 e. The van der Waals surface area contributed by atoms with E-state index in [9.17, 15) is 0 Å². The molecular formula is C17H27N3. The van der Waals surface area contributed by atoms with Gasteiger partial charge in [0.2, 0.25) is 0 Å². The average Bonchev–Trinajstić information content (AvgIpc) is 2.91. The summed E-state index contributed by atoms with van der Waals surface area (Å²) in [5.41, 5.74) is 7.64. The maximum atomic E-state index is 6.43. The minimum atomic E-state index is 0.331. The Labute approximate surface area is 121 Å². The van der Waals surface area contributed by atoms with Crippen molar-refractivity contribution >= 4 is 0 Å². The Kier molecular flexibility index (Phi) is 3.33. The quantitative estimate of drug-likeness (QED) is 0.914. The Balaban J connectivity index is 1.35. The molecule has 3 aliphatic rings. The molecule has 2 N–H and O–H groups in total. The fraction of sp³-hybridized carbons (Fsp3) is 0.824. The topological polar surface area (TPSA) is 43.8 Å². The Bertz CT molecular complexity index is 451. The van der Waals surface area contributed by atoms with Crippen molar-refractivity contribution in [3.63, 3.8) is 0 Å². The smallest absolute Gasteiger partial charge is 0.0640 e. The van der Waals surface area contributed by atoms with Crippen LogP contribution in [0.25, 0.3) is 0 Å². The molecule has 20 heavy (non-hydrogen) atoms. The molecule has 1 aromatic heterocycles. The molecule has 0 saturated heterocycles. The van der Waals surface area contributed by atoms with Crippen molar-refractivity contribution in [2.45, 2.75) is 69.9 Å². The van der Waals surface area contributed by atoms with Gasteiger partial charge in [0, 0.05) is 18.7 Å². The van der Waals surface area contributed by atoms with Gasteiger partial charge in [-0.3, -0.25) is 4.68 Å². The highest BCUT2D eigenvalue weighted by atomic mass is 15.3. The lowest BCUT2D eigenvalue weighted by molar-refractivity contribution is 0.326. The Morgan fingerprint density at radius 3 is 2.65 bits per heavy atom. The van der Waals surface area contributed by atoms with Crippen LogP contribution in [0.15, 0.2) is 12.3 Å². The van der Waals surface area contributed by atoms with Gasteiger partial charge in [0.15, 0.2) is 0 Å². The Hall–Kier alpha value is -0.830. The third-order valence-corrected chi connectivity index (χ3v) is 5.94. The molecule has 3 unspecified atom stereocenters. The SMILES string of the molecule is NC(Cc1ccn(C2CCCCC2)n1)C1CC2CC2C1. The number of aromatic nitrogens is 2. The Morgan fingerprint density at radius 2 is 1.90 bits per heavy atom. The van der Waals surface area contributed by atoms with Crippen LogP contribution in [0.3, 0.4) is 0 Å². The number of hydrogen-bond acceptors (Lipinski definition) is 2. The molecule has 4 rings (SSSR count). The van der Waals surface area contributed by atoms with Crippen LogP contribution in [0.4, 0.5) is 0 Å². The van der Waals surface area contributed by atoms with Gasteiger partial charge < -0.3 is 5.73 Å². The summed E-state index contributed by atoms with van der Waals surface area (Å²) in [5.74, 6) is 2.83. The van der Waals surface area contributed by atoms with Crippen molar-refractivity contribution in [3.8, 4) is 0 Å². The molecule has 3 fully saturated rings. The highest BCUT2D eigenvalue weighted by Crippen LogP contribution is 2.55. The third kappa shape index (κ3) is 2.52. The van der Waals surface area contributed by atoms with E-state index < -0.39 is 0 Å². The first-order chi connectivity index (χ1) is 9.79. The second kappa shape index (κ2) is 5.18. The minimum absolute atomic E-state index is 0.331. The monoisotopic (exact) mass is 273 g/mol. The molecule has 0 bridgehead atoms. The fourth-order valence-electron chi connectivity index (χ4n) is 4.55. The molecule has 3 aliphatic carbocycles. The van der Waals surface area contributed by atoms with Gasteiger partial charge in [0.25, 0.3) is 0 Å². The zero-order chi connectivity index (χ0) is 13.5. The number of hydrogen-bond donors (Lipinski definition) is 1. The number of nitrogens with two attached hydrogens (primary N) is 1. The zero-order valence-electron chi connectivity index (χ0n) is 12.4. The van der Waals surface area contributed by atoms with Gasteiger partial charge in [-0.25, -0.2) is 0 Å². The van der Waals surface area contributed by atoms with Gasteiger partial charge in [-0.15, -0.1) is 0 Å². The lowest BCUT2D eigenvalue weighted by Gasteiger charge is -2.22. The molecule has 110 valence electrons. The van der Waals surface area contributed by atoms with Crippen molar-refractivity contribution in [3.05, 3.63) is 18.0 Å². The van der Waals surface area contributed by atoms with Crippen LogP contribution in [0, 0.1) is 17.8 Å². The lowest BCUT2D eigenvalue weighted by Crippen LogP contribution is -2.31. The van der Waals surface area contributed by atoms with Gasteiger partial charge in [-0.1, -0.05) is 19.3 Å². The second-order valence-electron chi connectivity index (χ2n) is 7.43. The van der Waals surface area contributed by atoms with Crippen LogP contribution in [0.5, 0.6) is 0 Å². The first-order valence-electron chi connectivity index (χ1n) is 8.59. The third-order valence-electron chi connectivity index (χ3n) is 5.94. The molecule has 0 amide bonds. The average molecular weight is 273 g/mol. The van der Waals surface area contributed by atoms with Gasteiger partial charge >= 0.3 is 0 Å². The van der Waals surface area contributed by atoms with E-state index in [0.717, 1.165) is 24.2 Å². The molecule has 1 heterocycles. The number of fused-ring (bicyclic) bond motifs is 1. The first-order valence-corrected chi connectivity index (χ1v) is 8.59. The molecule has 0 radical (unpaired) electrons. The van der Waals surface area contributed by atoms with Gasteiger partial charge in [-0.2, -0.15) is 5.10 Å². The molecule has 3 saturated carbocycles. The van der Waals surface area contributed by atoms with E-state index >= 15 is 0 Å². The summed E-state index contributed by atoms with van der Waals surface area (Å²) in [5, 5.41) is 4.81. The lowest BCUT2D eigenvalue weighted by atomic mass is 9.92. The molecule has 0 spiro atoms. The van der Waals surface area contributed by atoms with Gasteiger partial charge in [-0.05, 0) is 55.9 Å². The van der Waals surface area contributed by atoms with E-state index in [1.54, 1.807) is 0 Å². The summed E-state index contributed by atoms with van der Waals surface area (Å²) in [4.78, 5) is 0. The summed E-state index contributed by atoms with van der Waals surface area (Å²) in [7, 11) is 0. The van der Waals surface area contributed by atoms with Crippen LogP contribution in [-0.2, 0) is 6.42 Å². The summed E-state index contributed by atoms with van der Waals surface area (Å²) in [6.45, 7) is 0. The molecule has 3 nitrogen and oxygen atoms in total. The summed E-state index contributed by atoms with van der Waals surface area (Å²) in [6, 6.07) is 3.18.